The molecule has 6 heteroatoms. The first-order chi connectivity index (χ1) is 12.5. The van der Waals surface area contributed by atoms with Gasteiger partial charge in [-0.25, -0.2) is 4.79 Å². The number of amides is 1. The highest BCUT2D eigenvalue weighted by atomic mass is 79.9. The van der Waals surface area contributed by atoms with Gasteiger partial charge in [-0.05, 0) is 56.4 Å². The Morgan fingerprint density at radius 3 is 2.37 bits per heavy atom. The maximum atomic E-state index is 13.1. The van der Waals surface area contributed by atoms with Crippen LogP contribution in [0.3, 0.4) is 0 Å². The van der Waals surface area contributed by atoms with Gasteiger partial charge in [0.2, 0.25) is 5.91 Å². The Morgan fingerprint density at radius 1 is 1.15 bits per heavy atom. The van der Waals surface area contributed by atoms with Crippen LogP contribution >= 0.6 is 15.9 Å². The van der Waals surface area contributed by atoms with E-state index in [0.29, 0.717) is 12.0 Å². The number of carbonyl (C=O) groups is 2. The summed E-state index contributed by atoms with van der Waals surface area (Å²) in [5, 5.41) is 7.34. The normalized spacial score (nSPS) is 30.0. The molecule has 146 valence electrons. The number of fused-ring (bicyclic) bond motifs is 2. The fourth-order valence-corrected chi connectivity index (χ4v) is 4.92. The molecule has 0 heterocycles. The molecule has 2 unspecified atom stereocenters. The van der Waals surface area contributed by atoms with Gasteiger partial charge in [-0.3, -0.25) is 4.79 Å². The Bertz CT molecular complexity index is 800. The molecular formula is C21H27BrN2O3. The molecule has 0 saturated heterocycles. The second-order valence-corrected chi connectivity index (χ2v) is 9.68. The molecule has 1 aromatic carbocycles. The van der Waals surface area contributed by atoms with Crippen LogP contribution in [-0.4, -0.2) is 23.6 Å². The minimum absolute atomic E-state index is 0.0793. The van der Waals surface area contributed by atoms with Crippen LogP contribution in [0.1, 0.15) is 64.2 Å². The SMILES string of the molecule is CC(C)NC(=O)C12CCC(C)(/C(=N\OC(=O)c3ccc(Br)cc3)C1)C2(C)C. The summed E-state index contributed by atoms with van der Waals surface area (Å²) in [5.74, 6) is -0.407. The van der Waals surface area contributed by atoms with E-state index in [9.17, 15) is 9.59 Å². The van der Waals surface area contributed by atoms with Crippen LogP contribution in [0.2, 0.25) is 0 Å². The van der Waals surface area contributed by atoms with Gasteiger partial charge >= 0.3 is 5.97 Å². The Morgan fingerprint density at radius 2 is 1.78 bits per heavy atom. The summed E-state index contributed by atoms with van der Waals surface area (Å²) < 4.78 is 0.894. The van der Waals surface area contributed by atoms with Crippen LogP contribution in [0.15, 0.2) is 33.9 Å². The van der Waals surface area contributed by atoms with E-state index < -0.39 is 11.4 Å². The summed E-state index contributed by atoms with van der Waals surface area (Å²) >= 11 is 3.35. The molecule has 2 bridgehead atoms. The van der Waals surface area contributed by atoms with Crippen LogP contribution in [-0.2, 0) is 9.63 Å². The molecule has 0 aromatic heterocycles. The lowest BCUT2D eigenvalue weighted by Gasteiger charge is -2.39. The molecule has 0 spiro atoms. The Labute approximate surface area is 169 Å². The zero-order valence-electron chi connectivity index (χ0n) is 16.6. The first-order valence-electron chi connectivity index (χ1n) is 9.39. The molecule has 2 fully saturated rings. The van der Waals surface area contributed by atoms with Crippen molar-refractivity contribution in [1.82, 2.24) is 5.32 Å². The second-order valence-electron chi connectivity index (χ2n) is 8.77. The smallest absolute Gasteiger partial charge is 0.353 e. The van der Waals surface area contributed by atoms with E-state index in [1.165, 1.54) is 0 Å². The van der Waals surface area contributed by atoms with Gasteiger partial charge in [0, 0.05) is 22.4 Å². The minimum atomic E-state index is -0.505. The van der Waals surface area contributed by atoms with Gasteiger partial charge in [0.15, 0.2) is 0 Å². The monoisotopic (exact) mass is 434 g/mol. The van der Waals surface area contributed by atoms with Crippen LogP contribution < -0.4 is 5.32 Å². The molecule has 5 nitrogen and oxygen atoms in total. The third-order valence-corrected chi connectivity index (χ3v) is 7.44. The lowest BCUT2D eigenvalue weighted by molar-refractivity contribution is -0.136. The van der Waals surface area contributed by atoms with Gasteiger partial charge in [0.1, 0.15) is 0 Å². The molecule has 1 N–H and O–H groups in total. The molecule has 2 atom stereocenters. The van der Waals surface area contributed by atoms with Gasteiger partial charge in [-0.2, -0.15) is 0 Å². The zero-order valence-corrected chi connectivity index (χ0v) is 18.1. The number of hydrogen-bond donors (Lipinski definition) is 1. The Kier molecular flexibility index (Phi) is 5.00. The van der Waals surface area contributed by atoms with Crippen LogP contribution in [0.5, 0.6) is 0 Å². The van der Waals surface area contributed by atoms with E-state index in [4.69, 9.17) is 4.84 Å². The van der Waals surface area contributed by atoms with Crippen molar-refractivity contribution in [2.45, 2.75) is 59.9 Å². The average molecular weight is 435 g/mol. The van der Waals surface area contributed by atoms with Crippen molar-refractivity contribution >= 4 is 33.5 Å². The number of halogens is 1. The fourth-order valence-electron chi connectivity index (χ4n) is 4.66. The molecule has 27 heavy (non-hydrogen) atoms. The molecule has 0 aliphatic heterocycles. The molecule has 0 radical (unpaired) electrons. The van der Waals surface area contributed by atoms with Gasteiger partial charge < -0.3 is 10.2 Å². The summed E-state index contributed by atoms with van der Waals surface area (Å²) in [4.78, 5) is 30.6. The number of rotatable bonds is 4. The predicted molar refractivity (Wildman–Crippen MR) is 108 cm³/mol. The summed E-state index contributed by atoms with van der Waals surface area (Å²) in [6, 6.07) is 7.05. The first kappa shape index (κ1) is 20.1. The van der Waals surface area contributed by atoms with Gasteiger partial charge in [-0.15, -0.1) is 0 Å². The topological polar surface area (TPSA) is 67.8 Å². The van der Waals surface area contributed by atoms with Crippen molar-refractivity contribution in [3.8, 4) is 0 Å². The zero-order chi connectivity index (χ0) is 20.0. The Hall–Kier alpha value is -1.69. The summed E-state index contributed by atoms with van der Waals surface area (Å²) in [6.07, 6.45) is 2.22. The van der Waals surface area contributed by atoms with Gasteiger partial charge in [-0.1, -0.05) is 41.9 Å². The molecule has 2 aliphatic carbocycles. The molecule has 3 rings (SSSR count). The third kappa shape index (κ3) is 3.02. The molecule has 2 aliphatic rings. The van der Waals surface area contributed by atoms with E-state index in [2.05, 4.69) is 47.2 Å². The van der Waals surface area contributed by atoms with E-state index in [1.54, 1.807) is 24.3 Å². The van der Waals surface area contributed by atoms with E-state index in [-0.39, 0.29) is 22.8 Å². The highest BCUT2D eigenvalue weighted by Gasteiger charge is 2.71. The number of nitrogens with one attached hydrogen (secondary N) is 1. The summed E-state index contributed by atoms with van der Waals surface area (Å²) in [7, 11) is 0. The minimum Gasteiger partial charge on any atom is -0.353 e. The fraction of sp³-hybridized carbons (Fsp3) is 0.571. The van der Waals surface area contributed by atoms with E-state index in [1.807, 2.05) is 13.8 Å². The largest absolute Gasteiger partial charge is 0.365 e. The molecule has 1 aromatic rings. The highest BCUT2D eigenvalue weighted by Crippen LogP contribution is 2.71. The summed E-state index contributed by atoms with van der Waals surface area (Å²) in [5.41, 5.74) is 0.225. The number of benzene rings is 1. The number of oxime groups is 1. The van der Waals surface area contributed by atoms with Crippen molar-refractivity contribution in [3.63, 3.8) is 0 Å². The van der Waals surface area contributed by atoms with Crippen molar-refractivity contribution in [3.05, 3.63) is 34.3 Å². The van der Waals surface area contributed by atoms with Crippen molar-refractivity contribution in [2.24, 2.45) is 21.4 Å². The van der Waals surface area contributed by atoms with Gasteiger partial charge in [0.25, 0.3) is 0 Å². The summed E-state index contributed by atoms with van der Waals surface area (Å²) in [6.45, 7) is 10.4. The maximum Gasteiger partial charge on any atom is 0.365 e. The van der Waals surface area contributed by atoms with E-state index >= 15 is 0 Å². The van der Waals surface area contributed by atoms with Crippen molar-refractivity contribution in [1.29, 1.82) is 0 Å². The lowest BCUT2D eigenvalue weighted by atomic mass is 9.64. The van der Waals surface area contributed by atoms with E-state index in [0.717, 1.165) is 23.0 Å². The van der Waals surface area contributed by atoms with Crippen LogP contribution in [0.25, 0.3) is 0 Å². The molecule has 2 saturated carbocycles. The van der Waals surface area contributed by atoms with Crippen LogP contribution in [0, 0.1) is 16.2 Å². The number of nitrogens with zero attached hydrogens (tertiary/aromatic N) is 1. The molecule has 1 amide bonds. The van der Waals surface area contributed by atoms with Crippen molar-refractivity contribution in [2.75, 3.05) is 0 Å². The first-order valence-corrected chi connectivity index (χ1v) is 10.2. The third-order valence-electron chi connectivity index (χ3n) is 6.91. The average Bonchev–Trinajstić information content (AvgIpc) is 2.90. The standard InChI is InChI=1S/C21H27BrN2O3/c1-13(2)23-18(26)21-11-10-20(5,19(21,3)4)16(12-21)24-27-17(25)14-6-8-15(22)9-7-14/h6-9,13H,10-12H2,1-5H3,(H,23,26)/b24-16-. The Balaban J connectivity index is 1.85. The lowest BCUT2D eigenvalue weighted by Crippen LogP contribution is -2.48. The molecular weight excluding hydrogens is 408 g/mol. The number of carbonyl (C=O) groups excluding carboxylic acids is 2. The highest BCUT2D eigenvalue weighted by molar-refractivity contribution is 9.10. The predicted octanol–water partition coefficient (Wildman–Crippen LogP) is 4.70. The van der Waals surface area contributed by atoms with Crippen LogP contribution in [0.4, 0.5) is 0 Å². The van der Waals surface area contributed by atoms with Crippen molar-refractivity contribution < 1.29 is 14.4 Å². The quantitative estimate of drug-likeness (QED) is 0.551. The van der Waals surface area contributed by atoms with Gasteiger partial charge in [0.05, 0.1) is 16.7 Å². The maximum absolute atomic E-state index is 13.1. The number of hydrogen-bond acceptors (Lipinski definition) is 4. The second kappa shape index (κ2) is 6.73.